The third-order valence-corrected chi connectivity index (χ3v) is 6.18. The van der Waals surface area contributed by atoms with Gasteiger partial charge in [-0.15, -0.1) is 0 Å². The standard InChI is InChI=1S/C26H32N4O2/c1-4-22-23(5-2)28-25-17-20(9-12-24(25)27-22)26(31)30-14-6-13-29(15-16-30)18-19-7-10-21(32-3)11-8-19/h7-12,17H,4-6,13-16,18H2,1-3H3. The van der Waals surface area contributed by atoms with Gasteiger partial charge in [-0.25, -0.2) is 9.97 Å². The Morgan fingerprint density at radius 1 is 0.906 bits per heavy atom. The van der Waals surface area contributed by atoms with Crippen LogP contribution in [0.1, 0.15) is 47.6 Å². The summed E-state index contributed by atoms with van der Waals surface area (Å²) in [6, 6.07) is 13.9. The Hall–Kier alpha value is -2.99. The minimum atomic E-state index is 0.0811. The van der Waals surface area contributed by atoms with E-state index in [1.54, 1.807) is 7.11 Å². The quantitative estimate of drug-likeness (QED) is 0.587. The molecule has 1 aromatic heterocycles. The summed E-state index contributed by atoms with van der Waals surface area (Å²) in [5, 5.41) is 0. The normalized spacial score (nSPS) is 15.0. The molecule has 4 rings (SSSR count). The van der Waals surface area contributed by atoms with Gasteiger partial charge < -0.3 is 9.64 Å². The number of aryl methyl sites for hydroxylation is 2. The van der Waals surface area contributed by atoms with Gasteiger partial charge in [0.25, 0.3) is 5.91 Å². The number of carbonyl (C=O) groups is 1. The van der Waals surface area contributed by atoms with Crippen LogP contribution in [0.4, 0.5) is 0 Å². The van der Waals surface area contributed by atoms with Crippen LogP contribution in [0, 0.1) is 0 Å². The molecule has 1 fully saturated rings. The lowest BCUT2D eigenvalue weighted by Crippen LogP contribution is -2.35. The number of fused-ring (bicyclic) bond motifs is 1. The summed E-state index contributed by atoms with van der Waals surface area (Å²) in [6.07, 6.45) is 2.68. The molecule has 0 radical (unpaired) electrons. The van der Waals surface area contributed by atoms with E-state index in [1.807, 2.05) is 35.2 Å². The van der Waals surface area contributed by atoms with Crippen LogP contribution in [0.5, 0.6) is 5.75 Å². The van der Waals surface area contributed by atoms with E-state index >= 15 is 0 Å². The summed E-state index contributed by atoms with van der Waals surface area (Å²) in [5.74, 6) is 0.955. The van der Waals surface area contributed by atoms with Crippen molar-refractivity contribution in [2.24, 2.45) is 0 Å². The molecule has 1 saturated heterocycles. The first kappa shape index (κ1) is 22.2. The van der Waals surface area contributed by atoms with Gasteiger partial charge in [-0.2, -0.15) is 0 Å². The molecular weight excluding hydrogens is 400 g/mol. The summed E-state index contributed by atoms with van der Waals surface area (Å²) < 4.78 is 5.25. The number of methoxy groups -OCH3 is 1. The summed E-state index contributed by atoms with van der Waals surface area (Å²) in [4.78, 5) is 27.2. The SMILES string of the molecule is CCc1nc2ccc(C(=O)N3CCCN(Cc4ccc(OC)cc4)CC3)cc2nc1CC. The van der Waals surface area contributed by atoms with Gasteiger partial charge in [-0.1, -0.05) is 26.0 Å². The second-order valence-electron chi connectivity index (χ2n) is 8.30. The van der Waals surface area contributed by atoms with Gasteiger partial charge in [-0.05, 0) is 55.2 Å². The van der Waals surface area contributed by atoms with Gasteiger partial charge in [0.15, 0.2) is 0 Å². The number of hydrogen-bond donors (Lipinski definition) is 0. The number of aromatic nitrogens is 2. The molecular formula is C26H32N4O2. The predicted octanol–water partition coefficient (Wildman–Crippen LogP) is 4.11. The van der Waals surface area contributed by atoms with Gasteiger partial charge in [0, 0.05) is 38.3 Å². The molecule has 32 heavy (non-hydrogen) atoms. The van der Waals surface area contributed by atoms with Crippen molar-refractivity contribution >= 4 is 16.9 Å². The van der Waals surface area contributed by atoms with E-state index in [4.69, 9.17) is 14.7 Å². The molecule has 0 spiro atoms. The smallest absolute Gasteiger partial charge is 0.253 e. The lowest BCUT2D eigenvalue weighted by atomic mass is 10.1. The van der Waals surface area contributed by atoms with Crippen LogP contribution in [0.15, 0.2) is 42.5 Å². The highest BCUT2D eigenvalue weighted by Gasteiger charge is 2.21. The van der Waals surface area contributed by atoms with E-state index < -0.39 is 0 Å². The number of benzene rings is 2. The van der Waals surface area contributed by atoms with E-state index in [9.17, 15) is 4.79 Å². The lowest BCUT2D eigenvalue weighted by Gasteiger charge is -2.22. The van der Waals surface area contributed by atoms with Gasteiger partial charge in [0.1, 0.15) is 5.75 Å². The zero-order chi connectivity index (χ0) is 22.5. The summed E-state index contributed by atoms with van der Waals surface area (Å²) >= 11 is 0. The van der Waals surface area contributed by atoms with E-state index in [-0.39, 0.29) is 5.91 Å². The number of ether oxygens (including phenoxy) is 1. The van der Waals surface area contributed by atoms with Crippen LogP contribution in [0.2, 0.25) is 0 Å². The third-order valence-electron chi connectivity index (χ3n) is 6.18. The topological polar surface area (TPSA) is 58.6 Å². The maximum Gasteiger partial charge on any atom is 0.253 e. The first-order valence-electron chi connectivity index (χ1n) is 11.5. The molecule has 1 aliphatic heterocycles. The molecule has 1 aliphatic rings. The van der Waals surface area contributed by atoms with E-state index in [1.165, 1.54) is 5.56 Å². The van der Waals surface area contributed by atoms with Crippen LogP contribution in [0.25, 0.3) is 11.0 Å². The molecule has 0 N–H and O–H groups in total. The van der Waals surface area contributed by atoms with Gasteiger partial charge in [0.2, 0.25) is 0 Å². The first-order chi connectivity index (χ1) is 15.6. The van der Waals surface area contributed by atoms with Gasteiger partial charge in [0.05, 0.1) is 29.5 Å². The van der Waals surface area contributed by atoms with E-state index in [0.29, 0.717) is 5.56 Å². The van der Waals surface area contributed by atoms with Crippen LogP contribution >= 0.6 is 0 Å². The molecule has 6 heteroatoms. The van der Waals surface area contributed by atoms with Gasteiger partial charge in [-0.3, -0.25) is 9.69 Å². The van der Waals surface area contributed by atoms with E-state index in [2.05, 4.69) is 30.9 Å². The van der Waals surface area contributed by atoms with Crippen molar-refractivity contribution < 1.29 is 9.53 Å². The molecule has 2 heterocycles. The Morgan fingerprint density at radius 2 is 1.62 bits per heavy atom. The number of carbonyl (C=O) groups excluding carboxylic acids is 1. The molecule has 168 valence electrons. The molecule has 0 bridgehead atoms. The number of rotatable bonds is 6. The zero-order valence-electron chi connectivity index (χ0n) is 19.3. The minimum Gasteiger partial charge on any atom is -0.497 e. The van der Waals surface area contributed by atoms with Crippen molar-refractivity contribution in [3.8, 4) is 5.75 Å². The number of amides is 1. The maximum atomic E-state index is 13.3. The highest BCUT2D eigenvalue weighted by Crippen LogP contribution is 2.19. The molecule has 0 saturated carbocycles. The molecule has 0 unspecified atom stereocenters. The van der Waals surface area contributed by atoms with Gasteiger partial charge >= 0.3 is 0 Å². The largest absolute Gasteiger partial charge is 0.497 e. The van der Waals surface area contributed by atoms with Crippen molar-refractivity contribution in [1.29, 1.82) is 0 Å². The average molecular weight is 433 g/mol. The Bertz CT molecular complexity index is 1080. The number of hydrogen-bond acceptors (Lipinski definition) is 5. The molecule has 1 amide bonds. The molecule has 6 nitrogen and oxygen atoms in total. The van der Waals surface area contributed by atoms with Crippen LogP contribution in [-0.4, -0.2) is 59.0 Å². The maximum absolute atomic E-state index is 13.3. The van der Waals surface area contributed by atoms with Crippen molar-refractivity contribution in [3.63, 3.8) is 0 Å². The van der Waals surface area contributed by atoms with Crippen LogP contribution in [-0.2, 0) is 19.4 Å². The fourth-order valence-electron chi connectivity index (χ4n) is 4.33. The van der Waals surface area contributed by atoms with Crippen LogP contribution in [0.3, 0.4) is 0 Å². The Labute approximate surface area is 190 Å². The Balaban J connectivity index is 1.44. The fourth-order valence-corrected chi connectivity index (χ4v) is 4.33. The summed E-state index contributed by atoms with van der Waals surface area (Å²) in [5.41, 5.74) is 5.69. The Morgan fingerprint density at radius 3 is 2.31 bits per heavy atom. The highest BCUT2D eigenvalue weighted by atomic mass is 16.5. The second-order valence-corrected chi connectivity index (χ2v) is 8.30. The molecule has 3 aromatic rings. The summed E-state index contributed by atoms with van der Waals surface area (Å²) in [7, 11) is 1.68. The van der Waals surface area contributed by atoms with Crippen LogP contribution < -0.4 is 4.74 Å². The molecule has 2 aromatic carbocycles. The summed E-state index contributed by atoms with van der Waals surface area (Å²) in [6.45, 7) is 8.44. The fraction of sp³-hybridized carbons (Fsp3) is 0.423. The average Bonchev–Trinajstić information content (AvgIpc) is 3.08. The lowest BCUT2D eigenvalue weighted by molar-refractivity contribution is 0.0761. The molecule has 0 atom stereocenters. The van der Waals surface area contributed by atoms with E-state index in [0.717, 1.165) is 80.2 Å². The predicted molar refractivity (Wildman–Crippen MR) is 127 cm³/mol. The zero-order valence-corrected chi connectivity index (χ0v) is 19.3. The number of nitrogens with zero attached hydrogens (tertiary/aromatic N) is 4. The first-order valence-corrected chi connectivity index (χ1v) is 11.5. The monoisotopic (exact) mass is 432 g/mol. The molecule has 0 aliphatic carbocycles. The van der Waals surface area contributed by atoms with Crippen molar-refractivity contribution in [2.75, 3.05) is 33.3 Å². The minimum absolute atomic E-state index is 0.0811. The Kier molecular flexibility index (Phi) is 7.00. The second kappa shape index (κ2) is 10.1. The third kappa shape index (κ3) is 4.91. The van der Waals surface area contributed by atoms with Crippen molar-refractivity contribution in [2.45, 2.75) is 39.7 Å². The van der Waals surface area contributed by atoms with Crippen molar-refractivity contribution in [3.05, 3.63) is 65.0 Å². The highest BCUT2D eigenvalue weighted by molar-refractivity contribution is 5.97. The van der Waals surface area contributed by atoms with Crippen molar-refractivity contribution in [1.82, 2.24) is 19.8 Å².